The SMILES string of the molecule is C=CC(=O)CCCc1ccoc1. The van der Waals surface area contributed by atoms with Gasteiger partial charge in [-0.2, -0.15) is 0 Å². The van der Waals surface area contributed by atoms with Gasteiger partial charge in [-0.05, 0) is 30.5 Å². The van der Waals surface area contributed by atoms with E-state index < -0.39 is 0 Å². The van der Waals surface area contributed by atoms with Gasteiger partial charge in [-0.3, -0.25) is 4.79 Å². The van der Waals surface area contributed by atoms with Gasteiger partial charge in [-0.15, -0.1) is 0 Å². The van der Waals surface area contributed by atoms with E-state index in [1.807, 2.05) is 6.07 Å². The molecule has 0 saturated heterocycles. The maximum Gasteiger partial charge on any atom is 0.155 e. The average Bonchev–Trinajstić information content (AvgIpc) is 2.57. The van der Waals surface area contributed by atoms with Crippen molar-refractivity contribution in [1.29, 1.82) is 0 Å². The van der Waals surface area contributed by atoms with E-state index in [1.54, 1.807) is 12.5 Å². The molecule has 0 aliphatic heterocycles. The molecule has 0 aliphatic rings. The lowest BCUT2D eigenvalue weighted by molar-refractivity contribution is -0.114. The fourth-order valence-electron chi connectivity index (χ4n) is 1.00. The van der Waals surface area contributed by atoms with E-state index in [0.717, 1.165) is 18.4 Å². The van der Waals surface area contributed by atoms with E-state index in [2.05, 4.69) is 6.58 Å². The molecule has 2 nitrogen and oxygen atoms in total. The van der Waals surface area contributed by atoms with Crippen LogP contribution in [0.3, 0.4) is 0 Å². The molecule has 1 heterocycles. The van der Waals surface area contributed by atoms with Crippen molar-refractivity contribution in [1.82, 2.24) is 0 Å². The van der Waals surface area contributed by atoms with Gasteiger partial charge < -0.3 is 4.42 Å². The van der Waals surface area contributed by atoms with Crippen LogP contribution in [0.25, 0.3) is 0 Å². The smallest absolute Gasteiger partial charge is 0.155 e. The van der Waals surface area contributed by atoms with Crippen molar-refractivity contribution in [2.75, 3.05) is 0 Å². The van der Waals surface area contributed by atoms with Gasteiger partial charge in [0.05, 0.1) is 12.5 Å². The first-order valence-electron chi connectivity index (χ1n) is 3.99. The highest BCUT2D eigenvalue weighted by Gasteiger charge is 1.97. The van der Waals surface area contributed by atoms with Gasteiger partial charge >= 0.3 is 0 Å². The van der Waals surface area contributed by atoms with Crippen LogP contribution in [0.5, 0.6) is 0 Å². The molecule has 0 N–H and O–H groups in total. The molecular weight excluding hydrogens is 152 g/mol. The number of carbonyl (C=O) groups is 1. The van der Waals surface area contributed by atoms with E-state index in [4.69, 9.17) is 4.42 Å². The Morgan fingerprint density at radius 3 is 3.08 bits per heavy atom. The van der Waals surface area contributed by atoms with Crippen molar-refractivity contribution in [3.63, 3.8) is 0 Å². The third-order valence-corrected chi connectivity index (χ3v) is 1.70. The van der Waals surface area contributed by atoms with Crippen molar-refractivity contribution in [3.8, 4) is 0 Å². The molecular formula is C10H12O2. The quantitative estimate of drug-likeness (QED) is 0.625. The fraction of sp³-hybridized carbons (Fsp3) is 0.300. The van der Waals surface area contributed by atoms with Crippen LogP contribution in [0.2, 0.25) is 0 Å². The first-order chi connectivity index (χ1) is 5.83. The number of furan rings is 1. The largest absolute Gasteiger partial charge is 0.472 e. The minimum atomic E-state index is 0.110. The Labute approximate surface area is 71.9 Å². The summed E-state index contributed by atoms with van der Waals surface area (Å²) in [6.45, 7) is 3.41. The summed E-state index contributed by atoms with van der Waals surface area (Å²) in [6.07, 6.45) is 7.06. The zero-order valence-corrected chi connectivity index (χ0v) is 6.95. The lowest BCUT2D eigenvalue weighted by Gasteiger charge is -1.93. The number of carbonyl (C=O) groups excluding carboxylic acids is 1. The standard InChI is InChI=1S/C10H12O2/c1-2-10(11)5-3-4-9-6-7-12-8-9/h2,6-8H,1,3-5H2. The summed E-state index contributed by atoms with van der Waals surface area (Å²) in [4.78, 5) is 10.8. The highest BCUT2D eigenvalue weighted by atomic mass is 16.3. The Hall–Kier alpha value is -1.31. The maximum atomic E-state index is 10.8. The van der Waals surface area contributed by atoms with Crippen molar-refractivity contribution >= 4 is 5.78 Å². The van der Waals surface area contributed by atoms with Gasteiger partial charge in [0.2, 0.25) is 0 Å². The van der Waals surface area contributed by atoms with Crippen molar-refractivity contribution < 1.29 is 9.21 Å². The molecule has 0 spiro atoms. The Bertz CT molecular complexity index is 247. The highest BCUT2D eigenvalue weighted by molar-refractivity contribution is 5.88. The molecule has 0 radical (unpaired) electrons. The Morgan fingerprint density at radius 1 is 1.67 bits per heavy atom. The molecule has 0 amide bonds. The summed E-state index contributed by atoms with van der Waals surface area (Å²) in [5, 5.41) is 0. The predicted molar refractivity (Wildman–Crippen MR) is 46.9 cm³/mol. The van der Waals surface area contributed by atoms with Gasteiger partial charge in [0, 0.05) is 6.42 Å². The van der Waals surface area contributed by atoms with Gasteiger partial charge in [0.25, 0.3) is 0 Å². The summed E-state index contributed by atoms with van der Waals surface area (Å²) in [5.74, 6) is 0.110. The van der Waals surface area contributed by atoms with Crippen LogP contribution >= 0.6 is 0 Å². The molecule has 2 heteroatoms. The van der Waals surface area contributed by atoms with Crippen molar-refractivity contribution in [2.45, 2.75) is 19.3 Å². The lowest BCUT2D eigenvalue weighted by Crippen LogP contribution is -1.92. The van der Waals surface area contributed by atoms with E-state index in [1.165, 1.54) is 6.08 Å². The van der Waals surface area contributed by atoms with E-state index in [0.29, 0.717) is 6.42 Å². The number of hydrogen-bond acceptors (Lipinski definition) is 2. The molecule has 0 fully saturated rings. The van der Waals surface area contributed by atoms with Crippen LogP contribution in [-0.2, 0) is 11.2 Å². The minimum absolute atomic E-state index is 0.110. The van der Waals surface area contributed by atoms with Gasteiger partial charge in [-0.1, -0.05) is 6.58 Å². The predicted octanol–water partition coefficient (Wildman–Crippen LogP) is 2.36. The number of hydrogen-bond donors (Lipinski definition) is 0. The zero-order chi connectivity index (χ0) is 8.81. The summed E-state index contributed by atoms with van der Waals surface area (Å²) < 4.78 is 4.89. The molecule has 0 saturated carbocycles. The van der Waals surface area contributed by atoms with Crippen LogP contribution in [-0.4, -0.2) is 5.78 Å². The Balaban J connectivity index is 2.19. The Kier molecular flexibility index (Phi) is 3.33. The molecule has 0 aliphatic carbocycles. The van der Waals surface area contributed by atoms with E-state index >= 15 is 0 Å². The molecule has 64 valence electrons. The summed E-state index contributed by atoms with van der Waals surface area (Å²) in [6, 6.07) is 1.92. The van der Waals surface area contributed by atoms with Crippen LogP contribution in [0.4, 0.5) is 0 Å². The minimum Gasteiger partial charge on any atom is -0.472 e. The number of ketones is 1. The van der Waals surface area contributed by atoms with Gasteiger partial charge in [0.15, 0.2) is 5.78 Å². The first-order valence-corrected chi connectivity index (χ1v) is 3.99. The normalized spacial score (nSPS) is 9.67. The molecule has 1 aromatic heterocycles. The summed E-state index contributed by atoms with van der Waals surface area (Å²) in [5.41, 5.74) is 1.15. The average molecular weight is 164 g/mol. The molecule has 0 atom stereocenters. The lowest BCUT2D eigenvalue weighted by atomic mass is 10.1. The van der Waals surface area contributed by atoms with Crippen LogP contribution in [0, 0.1) is 0 Å². The van der Waals surface area contributed by atoms with Crippen LogP contribution in [0.15, 0.2) is 35.7 Å². The zero-order valence-electron chi connectivity index (χ0n) is 6.95. The first kappa shape index (κ1) is 8.78. The number of aryl methyl sites for hydroxylation is 1. The highest BCUT2D eigenvalue weighted by Crippen LogP contribution is 2.05. The van der Waals surface area contributed by atoms with E-state index in [9.17, 15) is 4.79 Å². The van der Waals surface area contributed by atoms with Crippen molar-refractivity contribution in [2.24, 2.45) is 0 Å². The molecule has 1 aromatic rings. The summed E-state index contributed by atoms with van der Waals surface area (Å²) in [7, 11) is 0. The monoisotopic (exact) mass is 164 g/mol. The van der Waals surface area contributed by atoms with Crippen LogP contribution < -0.4 is 0 Å². The molecule has 12 heavy (non-hydrogen) atoms. The second kappa shape index (κ2) is 4.54. The third-order valence-electron chi connectivity index (χ3n) is 1.70. The second-order valence-electron chi connectivity index (χ2n) is 2.66. The molecule has 0 bridgehead atoms. The number of rotatable bonds is 5. The van der Waals surface area contributed by atoms with Crippen molar-refractivity contribution in [3.05, 3.63) is 36.8 Å². The van der Waals surface area contributed by atoms with E-state index in [-0.39, 0.29) is 5.78 Å². The second-order valence-corrected chi connectivity index (χ2v) is 2.66. The van der Waals surface area contributed by atoms with Gasteiger partial charge in [-0.25, -0.2) is 0 Å². The van der Waals surface area contributed by atoms with Crippen LogP contribution in [0.1, 0.15) is 18.4 Å². The molecule has 0 aromatic carbocycles. The molecule has 0 unspecified atom stereocenters. The third kappa shape index (κ3) is 2.74. The number of allylic oxidation sites excluding steroid dienone is 1. The topological polar surface area (TPSA) is 30.2 Å². The fourth-order valence-corrected chi connectivity index (χ4v) is 1.00. The maximum absolute atomic E-state index is 10.8. The summed E-state index contributed by atoms with van der Waals surface area (Å²) >= 11 is 0. The Morgan fingerprint density at radius 2 is 2.50 bits per heavy atom. The van der Waals surface area contributed by atoms with Gasteiger partial charge in [0.1, 0.15) is 0 Å². The molecule has 1 rings (SSSR count).